The van der Waals surface area contributed by atoms with E-state index in [4.69, 9.17) is 9.47 Å². The van der Waals surface area contributed by atoms with Gasteiger partial charge in [0.1, 0.15) is 17.5 Å². The Kier molecular flexibility index (Phi) is 7.07. The molecule has 1 unspecified atom stereocenters. The first-order valence-corrected chi connectivity index (χ1v) is 12.1. The molecule has 3 N–H and O–H groups in total. The van der Waals surface area contributed by atoms with Crippen LogP contribution in [0.25, 0.3) is 0 Å². The van der Waals surface area contributed by atoms with E-state index in [1.807, 2.05) is 12.1 Å². The summed E-state index contributed by atoms with van der Waals surface area (Å²) in [4.78, 5) is 14.2. The molecular weight excluding hydrogens is 392 g/mol. The van der Waals surface area contributed by atoms with Crippen LogP contribution >= 0.6 is 0 Å². The van der Waals surface area contributed by atoms with Crippen LogP contribution in [0.15, 0.2) is 18.2 Å². The van der Waals surface area contributed by atoms with Crippen LogP contribution in [-0.4, -0.2) is 50.0 Å². The predicted molar refractivity (Wildman–Crippen MR) is 120 cm³/mol. The number of carbonyl (C=O) groups excluding carboxylic acids is 1. The highest BCUT2D eigenvalue weighted by Gasteiger charge is 2.52. The van der Waals surface area contributed by atoms with Gasteiger partial charge in [-0.25, -0.2) is 0 Å². The van der Waals surface area contributed by atoms with E-state index in [1.165, 1.54) is 24.2 Å². The Bertz CT molecular complexity index is 764. The van der Waals surface area contributed by atoms with Crippen LogP contribution in [0.3, 0.4) is 0 Å². The summed E-state index contributed by atoms with van der Waals surface area (Å²) in [5.74, 6) is 1.81. The van der Waals surface area contributed by atoms with Crippen LogP contribution in [0.5, 0.6) is 11.5 Å². The van der Waals surface area contributed by atoms with Crippen molar-refractivity contribution in [3.8, 4) is 11.5 Å². The summed E-state index contributed by atoms with van der Waals surface area (Å²) < 4.78 is 11.2. The van der Waals surface area contributed by atoms with E-state index in [2.05, 4.69) is 11.4 Å². The molecule has 0 spiro atoms. The average molecular weight is 432 g/mol. The molecule has 0 radical (unpaired) electrons. The number of methoxy groups -OCH3 is 2. The summed E-state index contributed by atoms with van der Waals surface area (Å²) in [6.45, 7) is 1.24. The molecule has 1 aromatic carbocycles. The number of likely N-dealkylation sites (tertiary alicyclic amines) is 1. The Morgan fingerprint density at radius 1 is 1.10 bits per heavy atom. The number of hydrogen-bond donors (Lipinski definition) is 3. The second-order valence-electron chi connectivity index (χ2n) is 9.78. The molecule has 4 rings (SSSR count). The smallest absolute Gasteiger partial charge is 0.275 e. The highest BCUT2D eigenvalue weighted by atomic mass is 16.5. The molecule has 4 atom stereocenters. The van der Waals surface area contributed by atoms with E-state index in [1.54, 1.807) is 14.2 Å². The first kappa shape index (κ1) is 22.4. The van der Waals surface area contributed by atoms with Gasteiger partial charge in [-0.2, -0.15) is 0 Å². The molecule has 2 aliphatic carbocycles. The number of benzene rings is 1. The number of hydrogen-bond acceptors (Lipinski definition) is 4. The molecule has 0 aromatic heterocycles. The maximum atomic E-state index is 13.0. The summed E-state index contributed by atoms with van der Waals surface area (Å²) >= 11 is 0. The van der Waals surface area contributed by atoms with Crippen LogP contribution < -0.4 is 19.7 Å². The topological polar surface area (TPSA) is 72.2 Å². The summed E-state index contributed by atoms with van der Waals surface area (Å²) in [5, 5.41) is 14.8. The Morgan fingerprint density at radius 2 is 1.87 bits per heavy atom. The zero-order valence-electron chi connectivity index (χ0n) is 19.1. The van der Waals surface area contributed by atoms with Gasteiger partial charge in [0.15, 0.2) is 6.54 Å². The standard InChI is InChI=1S/C25H38N2O4/c1-30-19-11-12-20(22(16-19)31-2)24-21-10-6-7-13-25(21,29)14-15-27(24)17-23(28)26-18-8-4-3-5-9-18/h11-12,16,18,21,24,29H,3-10,13-15,17H2,1-2H3,(H,26,28)/p+1/t21-,24+,25+/m1/s1. The van der Waals surface area contributed by atoms with E-state index in [0.29, 0.717) is 12.6 Å². The van der Waals surface area contributed by atoms with Crippen molar-refractivity contribution in [2.24, 2.45) is 5.92 Å². The van der Waals surface area contributed by atoms with Gasteiger partial charge in [-0.3, -0.25) is 4.79 Å². The lowest BCUT2D eigenvalue weighted by atomic mass is 9.66. The minimum atomic E-state index is -0.642. The van der Waals surface area contributed by atoms with Crippen LogP contribution in [0.1, 0.15) is 75.8 Å². The van der Waals surface area contributed by atoms with E-state index in [9.17, 15) is 9.90 Å². The molecule has 1 heterocycles. The fourth-order valence-corrected chi connectivity index (χ4v) is 6.30. The van der Waals surface area contributed by atoms with Crippen LogP contribution in [-0.2, 0) is 4.79 Å². The molecule has 0 bridgehead atoms. The molecule has 1 aromatic rings. The number of quaternary nitrogens is 1. The third-order valence-corrected chi connectivity index (χ3v) is 7.92. The summed E-state index contributed by atoms with van der Waals surface area (Å²) in [7, 11) is 3.34. The Morgan fingerprint density at radius 3 is 2.61 bits per heavy atom. The number of rotatable bonds is 6. The first-order valence-electron chi connectivity index (χ1n) is 12.1. The zero-order chi connectivity index (χ0) is 21.8. The van der Waals surface area contributed by atoms with Crippen molar-refractivity contribution >= 4 is 5.91 Å². The van der Waals surface area contributed by atoms with Gasteiger partial charge in [0.05, 0.1) is 31.9 Å². The Balaban J connectivity index is 1.60. The van der Waals surface area contributed by atoms with Gasteiger partial charge in [0, 0.05) is 24.4 Å². The zero-order valence-corrected chi connectivity index (χ0v) is 19.1. The van der Waals surface area contributed by atoms with Crippen LogP contribution in [0.2, 0.25) is 0 Å². The second-order valence-corrected chi connectivity index (χ2v) is 9.78. The predicted octanol–water partition coefficient (Wildman–Crippen LogP) is 2.40. The average Bonchev–Trinajstić information content (AvgIpc) is 2.79. The minimum Gasteiger partial charge on any atom is -0.497 e. The van der Waals surface area contributed by atoms with Gasteiger partial charge < -0.3 is 24.8 Å². The molecule has 1 saturated heterocycles. The number of amides is 1. The maximum absolute atomic E-state index is 13.0. The summed E-state index contributed by atoms with van der Waals surface area (Å²) in [6, 6.07) is 6.32. The first-order chi connectivity index (χ1) is 15.0. The third-order valence-electron chi connectivity index (χ3n) is 7.92. The molecule has 2 saturated carbocycles. The molecule has 3 fully saturated rings. The van der Waals surface area contributed by atoms with Crippen molar-refractivity contribution in [2.75, 3.05) is 27.3 Å². The van der Waals surface area contributed by atoms with Crippen molar-refractivity contribution in [3.63, 3.8) is 0 Å². The quantitative estimate of drug-likeness (QED) is 0.647. The fraction of sp³-hybridized carbons (Fsp3) is 0.720. The summed E-state index contributed by atoms with van der Waals surface area (Å²) in [5.41, 5.74) is 0.436. The number of carbonyl (C=O) groups is 1. The molecule has 1 amide bonds. The molecule has 6 nitrogen and oxygen atoms in total. The molecule has 1 aliphatic heterocycles. The largest absolute Gasteiger partial charge is 0.497 e. The lowest BCUT2D eigenvalue weighted by Gasteiger charge is -2.50. The monoisotopic (exact) mass is 431 g/mol. The number of fused-ring (bicyclic) bond motifs is 1. The molecule has 3 aliphatic rings. The molecule has 172 valence electrons. The van der Waals surface area contributed by atoms with Crippen LogP contribution in [0.4, 0.5) is 0 Å². The van der Waals surface area contributed by atoms with Gasteiger partial charge in [-0.1, -0.05) is 32.1 Å². The van der Waals surface area contributed by atoms with Crippen molar-refractivity contribution < 1.29 is 24.3 Å². The van der Waals surface area contributed by atoms with Crippen LogP contribution in [0, 0.1) is 5.92 Å². The Hall–Kier alpha value is -1.79. The molecule has 31 heavy (non-hydrogen) atoms. The van der Waals surface area contributed by atoms with E-state index < -0.39 is 5.60 Å². The lowest BCUT2D eigenvalue weighted by molar-refractivity contribution is -0.937. The number of ether oxygens (including phenoxy) is 2. The number of nitrogens with one attached hydrogen (secondary N) is 2. The maximum Gasteiger partial charge on any atom is 0.275 e. The van der Waals surface area contributed by atoms with Gasteiger partial charge >= 0.3 is 0 Å². The van der Waals surface area contributed by atoms with Gasteiger partial charge in [-0.15, -0.1) is 0 Å². The Labute approximate surface area is 186 Å². The van der Waals surface area contributed by atoms with Crippen molar-refractivity contribution in [3.05, 3.63) is 23.8 Å². The van der Waals surface area contributed by atoms with Crippen molar-refractivity contribution in [2.45, 2.75) is 81.9 Å². The van der Waals surface area contributed by atoms with E-state index in [-0.39, 0.29) is 17.9 Å². The van der Waals surface area contributed by atoms with Gasteiger partial charge in [0.25, 0.3) is 5.91 Å². The number of piperidine rings is 1. The minimum absolute atomic E-state index is 0.0389. The number of aliphatic hydroxyl groups is 1. The lowest BCUT2D eigenvalue weighted by Crippen LogP contribution is -3.16. The van der Waals surface area contributed by atoms with E-state index >= 15 is 0 Å². The van der Waals surface area contributed by atoms with Gasteiger partial charge in [0.2, 0.25) is 0 Å². The van der Waals surface area contributed by atoms with Gasteiger partial charge in [-0.05, 0) is 37.8 Å². The highest BCUT2D eigenvalue weighted by molar-refractivity contribution is 5.77. The third kappa shape index (κ3) is 4.85. The van der Waals surface area contributed by atoms with Crippen molar-refractivity contribution in [1.29, 1.82) is 0 Å². The molecule has 6 heteroatoms. The SMILES string of the molecule is COc1ccc([C@H]2[C@H]3CCCC[C@]3(O)CC[NH+]2CC(=O)NC2CCCCC2)c(OC)c1. The molecular formula is C25H39N2O4+. The fourth-order valence-electron chi connectivity index (χ4n) is 6.30. The van der Waals surface area contributed by atoms with E-state index in [0.717, 1.165) is 68.6 Å². The normalized spacial score (nSPS) is 31.5. The highest BCUT2D eigenvalue weighted by Crippen LogP contribution is 2.46. The summed E-state index contributed by atoms with van der Waals surface area (Å²) in [6.07, 6.45) is 10.7. The van der Waals surface area contributed by atoms with Crippen molar-refractivity contribution in [1.82, 2.24) is 5.32 Å². The second kappa shape index (κ2) is 9.78.